The number of ether oxygens (including phenoxy) is 2. The van der Waals surface area contributed by atoms with Gasteiger partial charge in [0, 0.05) is 29.9 Å². The van der Waals surface area contributed by atoms with Gasteiger partial charge in [-0.3, -0.25) is 0 Å². The minimum atomic E-state index is -0.506. The molecule has 0 radical (unpaired) electrons. The SMILES string of the molecule is COc1cc(F)ccc1-c1ccnc(NC(=S)NC2CCC(NC(=O)OC(C)(C)C)CC2)c1. The van der Waals surface area contributed by atoms with Gasteiger partial charge in [0.15, 0.2) is 5.11 Å². The van der Waals surface area contributed by atoms with Crippen molar-refractivity contribution in [1.82, 2.24) is 15.6 Å². The Balaban J connectivity index is 1.51. The summed E-state index contributed by atoms with van der Waals surface area (Å²) in [6, 6.07) is 8.40. The van der Waals surface area contributed by atoms with E-state index in [0.717, 1.165) is 36.8 Å². The van der Waals surface area contributed by atoms with E-state index in [-0.39, 0.29) is 24.0 Å². The molecule has 0 bridgehead atoms. The number of amides is 1. The number of nitrogens with one attached hydrogen (secondary N) is 3. The normalized spacial score (nSPS) is 18.2. The molecule has 1 aromatic carbocycles. The van der Waals surface area contributed by atoms with Crippen molar-refractivity contribution in [3.8, 4) is 16.9 Å². The zero-order valence-corrected chi connectivity index (χ0v) is 20.2. The van der Waals surface area contributed by atoms with Crippen molar-refractivity contribution in [2.75, 3.05) is 12.4 Å². The number of nitrogens with zero attached hydrogens (tertiary/aromatic N) is 1. The zero-order chi connectivity index (χ0) is 24.0. The molecule has 0 spiro atoms. The lowest BCUT2D eigenvalue weighted by Gasteiger charge is -2.31. The number of carbonyl (C=O) groups excluding carboxylic acids is 1. The summed E-state index contributed by atoms with van der Waals surface area (Å²) < 4.78 is 24.2. The Labute approximate surface area is 199 Å². The number of alkyl carbamates (subject to hydrolysis) is 1. The molecular formula is C24H31FN4O3S. The molecule has 0 atom stereocenters. The smallest absolute Gasteiger partial charge is 0.407 e. The van der Waals surface area contributed by atoms with Gasteiger partial charge in [-0.25, -0.2) is 14.2 Å². The molecular weight excluding hydrogens is 443 g/mol. The van der Waals surface area contributed by atoms with Crippen LogP contribution in [0.1, 0.15) is 46.5 Å². The molecule has 2 aromatic rings. The molecule has 1 heterocycles. The molecule has 0 saturated heterocycles. The Bertz CT molecular complexity index is 988. The highest BCUT2D eigenvalue weighted by Gasteiger charge is 2.25. The Hall–Kier alpha value is -2.94. The quantitative estimate of drug-likeness (QED) is 0.525. The van der Waals surface area contributed by atoms with Crippen LogP contribution in [0.2, 0.25) is 0 Å². The third kappa shape index (κ3) is 7.56. The molecule has 7 nitrogen and oxygen atoms in total. The number of carbonyl (C=O) groups is 1. The van der Waals surface area contributed by atoms with E-state index in [1.165, 1.54) is 19.2 Å². The van der Waals surface area contributed by atoms with Gasteiger partial charge in [-0.15, -0.1) is 0 Å². The lowest BCUT2D eigenvalue weighted by molar-refractivity contribution is 0.0490. The lowest BCUT2D eigenvalue weighted by atomic mass is 9.91. The summed E-state index contributed by atoms with van der Waals surface area (Å²) in [6.45, 7) is 5.55. The predicted octanol–water partition coefficient (Wildman–Crippen LogP) is 5.02. The highest BCUT2D eigenvalue weighted by molar-refractivity contribution is 7.80. The van der Waals surface area contributed by atoms with Gasteiger partial charge in [0.2, 0.25) is 0 Å². The number of thiocarbonyl (C=S) groups is 1. The molecule has 33 heavy (non-hydrogen) atoms. The van der Waals surface area contributed by atoms with E-state index < -0.39 is 5.60 Å². The van der Waals surface area contributed by atoms with Crippen LogP contribution in [0.3, 0.4) is 0 Å². The summed E-state index contributed by atoms with van der Waals surface area (Å²) in [6.07, 6.45) is 4.73. The van der Waals surface area contributed by atoms with Crippen LogP contribution >= 0.6 is 12.2 Å². The van der Waals surface area contributed by atoms with Gasteiger partial charge in [-0.05, 0) is 88.5 Å². The number of hydrogen-bond acceptors (Lipinski definition) is 5. The first kappa shape index (κ1) is 24.7. The number of aromatic nitrogens is 1. The van der Waals surface area contributed by atoms with Crippen LogP contribution in [0.4, 0.5) is 15.0 Å². The summed E-state index contributed by atoms with van der Waals surface area (Å²) in [5.74, 6) is 0.672. The van der Waals surface area contributed by atoms with Crippen molar-refractivity contribution in [3.63, 3.8) is 0 Å². The van der Waals surface area contributed by atoms with Crippen LogP contribution in [0.5, 0.6) is 5.75 Å². The first-order valence-corrected chi connectivity index (χ1v) is 11.4. The van der Waals surface area contributed by atoms with Crippen LogP contribution in [-0.4, -0.2) is 41.0 Å². The second-order valence-electron chi connectivity index (χ2n) is 9.07. The molecule has 3 rings (SSSR count). The molecule has 9 heteroatoms. The number of hydrogen-bond donors (Lipinski definition) is 3. The van der Waals surface area contributed by atoms with E-state index in [1.807, 2.05) is 32.9 Å². The first-order valence-electron chi connectivity index (χ1n) is 11.0. The number of pyridine rings is 1. The molecule has 178 valence electrons. The van der Waals surface area contributed by atoms with E-state index in [9.17, 15) is 9.18 Å². The summed E-state index contributed by atoms with van der Waals surface area (Å²) in [5, 5.41) is 9.88. The number of rotatable bonds is 5. The average molecular weight is 475 g/mol. The van der Waals surface area contributed by atoms with E-state index in [0.29, 0.717) is 16.7 Å². The fourth-order valence-electron chi connectivity index (χ4n) is 3.76. The molecule has 1 aliphatic rings. The Kier molecular flexibility index (Phi) is 8.07. The van der Waals surface area contributed by atoms with Gasteiger partial charge in [0.25, 0.3) is 0 Å². The largest absolute Gasteiger partial charge is 0.496 e. The molecule has 0 aliphatic heterocycles. The van der Waals surface area contributed by atoms with Crippen LogP contribution in [-0.2, 0) is 4.74 Å². The molecule has 1 aromatic heterocycles. The van der Waals surface area contributed by atoms with E-state index in [1.54, 1.807) is 12.3 Å². The van der Waals surface area contributed by atoms with Crippen molar-refractivity contribution >= 4 is 29.2 Å². The van der Waals surface area contributed by atoms with E-state index in [4.69, 9.17) is 21.7 Å². The summed E-state index contributed by atoms with van der Waals surface area (Å²) >= 11 is 5.48. The first-order chi connectivity index (χ1) is 15.6. The molecule has 1 fully saturated rings. The van der Waals surface area contributed by atoms with Gasteiger partial charge in [-0.1, -0.05) is 0 Å². The summed E-state index contributed by atoms with van der Waals surface area (Å²) in [5.41, 5.74) is 1.09. The van der Waals surface area contributed by atoms with Gasteiger partial charge >= 0.3 is 6.09 Å². The Morgan fingerprint density at radius 2 is 1.76 bits per heavy atom. The summed E-state index contributed by atoms with van der Waals surface area (Å²) in [4.78, 5) is 16.3. The van der Waals surface area contributed by atoms with Gasteiger partial charge in [0.1, 0.15) is 23.0 Å². The zero-order valence-electron chi connectivity index (χ0n) is 19.4. The molecule has 3 N–H and O–H groups in total. The molecule has 1 amide bonds. The van der Waals surface area contributed by atoms with Crippen LogP contribution in [0, 0.1) is 5.82 Å². The van der Waals surface area contributed by atoms with E-state index in [2.05, 4.69) is 20.9 Å². The number of methoxy groups -OCH3 is 1. The van der Waals surface area contributed by atoms with Crippen molar-refractivity contribution in [2.45, 2.75) is 64.1 Å². The van der Waals surface area contributed by atoms with Crippen molar-refractivity contribution in [1.29, 1.82) is 0 Å². The van der Waals surface area contributed by atoms with Crippen molar-refractivity contribution in [3.05, 3.63) is 42.3 Å². The average Bonchev–Trinajstić information content (AvgIpc) is 2.73. The van der Waals surface area contributed by atoms with Gasteiger partial charge in [0.05, 0.1) is 7.11 Å². The fourth-order valence-corrected chi connectivity index (χ4v) is 4.04. The molecule has 0 unspecified atom stereocenters. The number of benzene rings is 1. The maximum absolute atomic E-state index is 13.5. The number of halogens is 1. The lowest BCUT2D eigenvalue weighted by Crippen LogP contribution is -2.45. The van der Waals surface area contributed by atoms with Gasteiger partial charge in [-0.2, -0.15) is 0 Å². The standard InChI is InChI=1S/C24H31FN4O3S/c1-24(2,3)32-23(30)28-18-8-6-17(7-9-18)27-22(33)29-21-13-15(11-12-26-21)19-10-5-16(25)14-20(19)31-4/h5,10-14,17-18H,6-9H2,1-4H3,(H,28,30)(H2,26,27,29,33). The second-order valence-corrected chi connectivity index (χ2v) is 9.48. The van der Waals surface area contributed by atoms with Crippen LogP contribution in [0.25, 0.3) is 11.1 Å². The van der Waals surface area contributed by atoms with Crippen LogP contribution in [0.15, 0.2) is 36.5 Å². The summed E-state index contributed by atoms with van der Waals surface area (Å²) in [7, 11) is 1.51. The third-order valence-corrected chi connectivity index (χ3v) is 5.48. The Morgan fingerprint density at radius 1 is 1.09 bits per heavy atom. The Morgan fingerprint density at radius 3 is 2.39 bits per heavy atom. The second kappa shape index (κ2) is 10.8. The molecule has 1 saturated carbocycles. The van der Waals surface area contributed by atoms with Crippen molar-refractivity contribution < 1.29 is 18.7 Å². The minimum absolute atomic E-state index is 0.100. The highest BCUT2D eigenvalue weighted by Crippen LogP contribution is 2.31. The maximum Gasteiger partial charge on any atom is 0.407 e. The van der Waals surface area contributed by atoms with Gasteiger partial charge < -0.3 is 25.4 Å². The van der Waals surface area contributed by atoms with Crippen molar-refractivity contribution in [2.24, 2.45) is 0 Å². The predicted molar refractivity (Wildman–Crippen MR) is 131 cm³/mol. The van der Waals surface area contributed by atoms with Crippen LogP contribution < -0.4 is 20.7 Å². The monoisotopic (exact) mass is 474 g/mol. The topological polar surface area (TPSA) is 84.5 Å². The molecule has 1 aliphatic carbocycles. The maximum atomic E-state index is 13.5. The fraction of sp³-hybridized carbons (Fsp3) is 0.458. The van der Waals surface area contributed by atoms with E-state index >= 15 is 0 Å². The third-order valence-electron chi connectivity index (χ3n) is 5.26. The highest BCUT2D eigenvalue weighted by atomic mass is 32.1. The number of anilines is 1. The minimum Gasteiger partial charge on any atom is -0.496 e.